The van der Waals surface area contributed by atoms with Crippen molar-refractivity contribution < 1.29 is 18.2 Å². The van der Waals surface area contributed by atoms with Crippen molar-refractivity contribution in [2.45, 2.75) is 5.66 Å². The van der Waals surface area contributed by atoms with Crippen molar-refractivity contribution in [2.24, 2.45) is 0 Å². The summed E-state index contributed by atoms with van der Waals surface area (Å²) in [5.41, 5.74) is -4.41. The highest BCUT2D eigenvalue weighted by Gasteiger charge is 2.43. The predicted octanol–water partition coefficient (Wildman–Crippen LogP) is 3.97. The van der Waals surface area contributed by atoms with Crippen LogP contribution in [0.25, 0.3) is 0 Å². The Balaban J connectivity index is 3.04. The van der Waals surface area contributed by atoms with Crippen molar-refractivity contribution in [1.82, 2.24) is 0 Å². The van der Waals surface area contributed by atoms with Gasteiger partial charge in [-0.25, -0.2) is 0 Å². The molecule has 0 aliphatic rings. The van der Waals surface area contributed by atoms with Crippen molar-refractivity contribution in [1.29, 1.82) is 0 Å². The van der Waals surface area contributed by atoms with Gasteiger partial charge in [0, 0.05) is 15.8 Å². The maximum absolute atomic E-state index is 13.7. The minimum Gasteiger partial charge on any atom is -0.787 e. The van der Waals surface area contributed by atoms with Gasteiger partial charge in [0.25, 0.3) is 0 Å². The van der Waals surface area contributed by atoms with E-state index in [1.165, 1.54) is 18.2 Å². The van der Waals surface area contributed by atoms with Crippen LogP contribution in [0.4, 0.5) is 8.78 Å². The Morgan fingerprint density at radius 2 is 2.00 bits per heavy atom. The van der Waals surface area contributed by atoms with Crippen LogP contribution in [0.3, 0.4) is 0 Å². The SMILES string of the molecule is C=CCSP(=O)([O-])C(F)(F)c1ccc(Br)cc1. The lowest BCUT2D eigenvalue weighted by atomic mass is 10.2. The van der Waals surface area contributed by atoms with Crippen molar-refractivity contribution in [3.63, 3.8) is 0 Å². The Morgan fingerprint density at radius 3 is 2.47 bits per heavy atom. The van der Waals surface area contributed by atoms with E-state index in [9.17, 15) is 18.2 Å². The molecule has 0 bridgehead atoms. The molecule has 0 aliphatic carbocycles. The van der Waals surface area contributed by atoms with Gasteiger partial charge in [-0.3, -0.25) is 0 Å². The molecule has 1 atom stereocenters. The Kier molecular flexibility index (Phi) is 4.95. The van der Waals surface area contributed by atoms with Crippen LogP contribution in [0.1, 0.15) is 5.56 Å². The molecule has 0 spiro atoms. The molecule has 1 aromatic rings. The lowest BCUT2D eigenvalue weighted by Gasteiger charge is -2.31. The first-order valence-electron chi connectivity index (χ1n) is 4.51. The van der Waals surface area contributed by atoms with Gasteiger partial charge in [-0.05, 0) is 12.1 Å². The molecule has 0 saturated carbocycles. The standard InChI is InChI=1S/C10H10BrF2O2PS/c1-2-7-17-16(14,15)10(12,13)8-3-5-9(11)6-4-8/h2-6H,1,7H2,(H,14,15)/p-1. The molecule has 94 valence electrons. The lowest BCUT2D eigenvalue weighted by Crippen LogP contribution is -2.20. The molecule has 0 radical (unpaired) electrons. The minimum atomic E-state index is -4.90. The fraction of sp³-hybridized carbons (Fsp3) is 0.200. The van der Waals surface area contributed by atoms with E-state index in [2.05, 4.69) is 22.5 Å². The zero-order valence-corrected chi connectivity index (χ0v) is 11.9. The maximum Gasteiger partial charge on any atom is 0.319 e. The van der Waals surface area contributed by atoms with Gasteiger partial charge in [0.05, 0.1) is 0 Å². The average Bonchev–Trinajstić information content (AvgIpc) is 2.27. The molecule has 7 heteroatoms. The zero-order valence-electron chi connectivity index (χ0n) is 8.61. The molecule has 0 fully saturated rings. The quantitative estimate of drug-likeness (QED) is 0.601. The molecule has 1 unspecified atom stereocenters. The van der Waals surface area contributed by atoms with E-state index in [-0.39, 0.29) is 17.1 Å². The molecule has 1 rings (SSSR count). The molecule has 0 aromatic heterocycles. The highest BCUT2D eigenvalue weighted by molar-refractivity contribution is 9.10. The summed E-state index contributed by atoms with van der Waals surface area (Å²) in [6.45, 7) is -1.60. The third-order valence-electron chi connectivity index (χ3n) is 1.90. The minimum absolute atomic E-state index is 0.0626. The number of halogens is 3. The van der Waals surface area contributed by atoms with E-state index >= 15 is 0 Å². The van der Waals surface area contributed by atoms with Crippen LogP contribution in [0.15, 0.2) is 41.4 Å². The zero-order chi connectivity index (χ0) is 13.1. The average molecular weight is 342 g/mol. The summed E-state index contributed by atoms with van der Waals surface area (Å²) in [6, 6.07) is 4.93. The molecular formula is C10H9BrF2O2PS-. The van der Waals surface area contributed by atoms with Gasteiger partial charge in [-0.2, -0.15) is 8.78 Å². The topological polar surface area (TPSA) is 40.1 Å². The largest absolute Gasteiger partial charge is 0.787 e. The number of hydrogen-bond acceptors (Lipinski definition) is 3. The Labute approximate surface area is 110 Å². The Hall–Kier alpha value is -0.160. The maximum atomic E-state index is 13.7. The summed E-state index contributed by atoms with van der Waals surface area (Å²) in [5.74, 6) is -0.0626. The monoisotopic (exact) mass is 341 g/mol. The van der Waals surface area contributed by atoms with Gasteiger partial charge >= 0.3 is 5.66 Å². The summed E-state index contributed by atoms with van der Waals surface area (Å²) in [5, 5.41) is 0. The first kappa shape index (κ1) is 14.9. The van der Waals surface area contributed by atoms with Crippen LogP contribution in [0.2, 0.25) is 0 Å². The lowest BCUT2D eigenvalue weighted by molar-refractivity contribution is -0.188. The molecular weight excluding hydrogens is 333 g/mol. The van der Waals surface area contributed by atoms with E-state index in [1.54, 1.807) is 0 Å². The molecule has 0 heterocycles. The number of hydrogen-bond donors (Lipinski definition) is 0. The van der Waals surface area contributed by atoms with Crippen LogP contribution in [0, 0.1) is 0 Å². The summed E-state index contributed by atoms with van der Waals surface area (Å²) < 4.78 is 39.6. The van der Waals surface area contributed by atoms with Crippen LogP contribution in [-0.2, 0) is 10.2 Å². The highest BCUT2D eigenvalue weighted by atomic mass is 79.9. The van der Waals surface area contributed by atoms with E-state index in [1.807, 2.05) is 0 Å². The van der Waals surface area contributed by atoms with Crippen LogP contribution < -0.4 is 4.89 Å². The van der Waals surface area contributed by atoms with Crippen LogP contribution >= 0.6 is 33.9 Å². The highest BCUT2D eigenvalue weighted by Crippen LogP contribution is 2.67. The molecule has 2 nitrogen and oxygen atoms in total. The van der Waals surface area contributed by atoms with Gasteiger partial charge in [-0.15, -0.1) is 18.0 Å². The molecule has 0 N–H and O–H groups in total. The van der Waals surface area contributed by atoms with E-state index in [0.29, 0.717) is 4.47 Å². The third kappa shape index (κ3) is 3.41. The number of benzene rings is 1. The van der Waals surface area contributed by atoms with Crippen molar-refractivity contribution in [3.8, 4) is 0 Å². The Bertz CT molecular complexity index is 450. The second-order valence-electron chi connectivity index (χ2n) is 3.13. The summed E-state index contributed by atoms with van der Waals surface area (Å²) in [7, 11) is 0. The third-order valence-corrected chi connectivity index (χ3v) is 6.25. The molecule has 17 heavy (non-hydrogen) atoms. The van der Waals surface area contributed by atoms with Crippen molar-refractivity contribution >= 4 is 33.9 Å². The van der Waals surface area contributed by atoms with Crippen molar-refractivity contribution in [3.05, 3.63) is 47.0 Å². The number of alkyl halides is 2. The normalized spacial score (nSPS) is 15.3. The van der Waals surface area contributed by atoms with Crippen molar-refractivity contribution in [2.75, 3.05) is 5.75 Å². The molecule has 0 amide bonds. The predicted molar refractivity (Wildman–Crippen MR) is 68.3 cm³/mol. The molecule has 1 aromatic carbocycles. The van der Waals surface area contributed by atoms with Gasteiger partial charge < -0.3 is 9.46 Å². The first-order chi connectivity index (χ1) is 7.81. The second-order valence-corrected chi connectivity index (χ2v) is 8.41. The fourth-order valence-corrected chi connectivity index (χ4v) is 3.94. The van der Waals surface area contributed by atoms with Gasteiger partial charge in [0.2, 0.25) is 0 Å². The second kappa shape index (κ2) is 5.65. The van der Waals surface area contributed by atoms with Crippen LogP contribution in [0.5, 0.6) is 0 Å². The first-order valence-corrected chi connectivity index (χ1v) is 8.52. The fourth-order valence-electron chi connectivity index (χ4n) is 1.04. The molecule has 0 saturated heterocycles. The van der Waals surface area contributed by atoms with Gasteiger partial charge in [0.1, 0.15) is 6.57 Å². The summed E-state index contributed by atoms with van der Waals surface area (Å²) >= 11 is 3.30. The van der Waals surface area contributed by atoms with E-state index in [4.69, 9.17) is 0 Å². The number of rotatable bonds is 5. The summed E-state index contributed by atoms with van der Waals surface area (Å²) in [4.78, 5) is 11.5. The van der Waals surface area contributed by atoms with E-state index in [0.717, 1.165) is 12.1 Å². The smallest absolute Gasteiger partial charge is 0.319 e. The Morgan fingerprint density at radius 1 is 1.47 bits per heavy atom. The van der Waals surface area contributed by atoms with Gasteiger partial charge in [-0.1, -0.05) is 34.1 Å². The van der Waals surface area contributed by atoms with Crippen LogP contribution in [-0.4, -0.2) is 5.75 Å². The van der Waals surface area contributed by atoms with E-state index < -0.39 is 17.8 Å². The molecule has 0 aliphatic heterocycles. The van der Waals surface area contributed by atoms with Gasteiger partial charge in [0.15, 0.2) is 0 Å². The summed E-state index contributed by atoms with van der Waals surface area (Å²) in [6.07, 6.45) is 1.27.